The summed E-state index contributed by atoms with van der Waals surface area (Å²) in [5, 5.41) is 14.0. The molecule has 0 fully saturated rings. The van der Waals surface area contributed by atoms with E-state index >= 15 is 0 Å². The van der Waals surface area contributed by atoms with Gasteiger partial charge >= 0.3 is 5.97 Å². The van der Waals surface area contributed by atoms with E-state index in [1.54, 1.807) is 54.5 Å². The van der Waals surface area contributed by atoms with E-state index in [0.29, 0.717) is 34.9 Å². The zero-order valence-electron chi connectivity index (χ0n) is 17.7. The maximum atomic E-state index is 11.7. The monoisotopic (exact) mass is 435 g/mol. The fourth-order valence-electron chi connectivity index (χ4n) is 2.83. The number of nitrogens with one attached hydrogen (secondary N) is 2. The van der Waals surface area contributed by atoms with E-state index in [9.17, 15) is 4.79 Å². The first-order valence-corrected chi connectivity index (χ1v) is 9.64. The number of hydrogen-bond acceptors (Lipinski definition) is 10. The van der Waals surface area contributed by atoms with E-state index in [1.807, 2.05) is 13.0 Å². The summed E-state index contributed by atoms with van der Waals surface area (Å²) in [4.78, 5) is 22.1. The molecule has 0 amide bonds. The number of carbonyl (C=O) groups is 1. The summed E-state index contributed by atoms with van der Waals surface area (Å²) in [7, 11) is 3.13. The lowest BCUT2D eigenvalue weighted by atomic mass is 10.1. The average Bonchev–Trinajstić information content (AvgIpc) is 3.45. The molecule has 0 aliphatic carbocycles. The third-order valence-electron chi connectivity index (χ3n) is 4.44. The van der Waals surface area contributed by atoms with Crippen LogP contribution in [-0.2, 0) is 11.3 Å². The first-order valence-electron chi connectivity index (χ1n) is 9.64. The van der Waals surface area contributed by atoms with Gasteiger partial charge in [-0.3, -0.25) is 10.00 Å². The number of hydrogen-bond donors (Lipinski definition) is 2. The summed E-state index contributed by atoms with van der Waals surface area (Å²) in [6.45, 7) is 2.08. The van der Waals surface area contributed by atoms with Crippen LogP contribution in [0.2, 0.25) is 0 Å². The molecular weight excluding hydrogens is 414 g/mol. The minimum absolute atomic E-state index is 0.244. The summed E-state index contributed by atoms with van der Waals surface area (Å²) in [5.41, 5.74) is 2.04. The Labute approximate surface area is 183 Å². The molecule has 0 spiro atoms. The highest BCUT2D eigenvalue weighted by Gasteiger charge is 2.13. The normalized spacial score (nSPS) is 10.6. The lowest BCUT2D eigenvalue weighted by Gasteiger charge is -2.13. The zero-order valence-corrected chi connectivity index (χ0v) is 17.7. The number of methoxy groups -OCH3 is 1. The first kappa shape index (κ1) is 20.8. The van der Waals surface area contributed by atoms with Gasteiger partial charge in [0.05, 0.1) is 18.4 Å². The predicted molar refractivity (Wildman–Crippen MR) is 115 cm³/mol. The van der Waals surface area contributed by atoms with Gasteiger partial charge in [-0.2, -0.15) is 4.98 Å². The van der Waals surface area contributed by atoms with Gasteiger partial charge in [-0.25, -0.2) is 9.78 Å². The molecule has 0 saturated carbocycles. The van der Waals surface area contributed by atoms with E-state index in [1.165, 1.54) is 7.11 Å². The first-order chi connectivity index (χ1) is 15.5. The molecule has 0 atom stereocenters. The highest BCUT2D eigenvalue weighted by atomic mass is 16.5. The number of aryl methyl sites for hydroxylation is 1. The van der Waals surface area contributed by atoms with Crippen molar-refractivity contribution < 1.29 is 18.8 Å². The van der Waals surface area contributed by atoms with Crippen molar-refractivity contribution in [1.82, 2.24) is 25.3 Å². The number of H-pyrrole nitrogens is 1. The molecule has 0 saturated heterocycles. The SMILES string of the molecule is COC(=O)c1cccc(COc2cc(Nc3ccnc(N(C)c4cc(C)no4)n3)[nH]n2)c1. The molecule has 3 heterocycles. The Morgan fingerprint density at radius 3 is 2.91 bits per heavy atom. The lowest BCUT2D eigenvalue weighted by molar-refractivity contribution is 0.0600. The van der Waals surface area contributed by atoms with Crippen molar-refractivity contribution in [1.29, 1.82) is 0 Å². The average molecular weight is 435 g/mol. The second kappa shape index (κ2) is 9.16. The molecule has 3 aromatic heterocycles. The molecule has 0 unspecified atom stereocenters. The van der Waals surface area contributed by atoms with E-state index in [-0.39, 0.29) is 6.61 Å². The number of nitrogens with zero attached hydrogens (tertiary/aromatic N) is 5. The number of carbonyl (C=O) groups excluding carboxylic acids is 1. The van der Waals surface area contributed by atoms with Gasteiger partial charge in [-0.1, -0.05) is 17.3 Å². The number of aromatic nitrogens is 5. The molecule has 2 N–H and O–H groups in total. The van der Waals surface area contributed by atoms with Crippen LogP contribution in [-0.4, -0.2) is 45.4 Å². The smallest absolute Gasteiger partial charge is 0.337 e. The molecule has 0 radical (unpaired) electrons. The topological polar surface area (TPSA) is 131 Å². The van der Waals surface area contributed by atoms with Gasteiger partial charge in [0.2, 0.25) is 17.7 Å². The number of ether oxygens (including phenoxy) is 2. The molecule has 0 aliphatic rings. The summed E-state index contributed by atoms with van der Waals surface area (Å²) in [5.74, 6) is 2.11. The van der Waals surface area contributed by atoms with Crippen LogP contribution in [0.1, 0.15) is 21.6 Å². The standard InChI is InChI=1S/C21H21N7O4/c1-13-9-19(32-27-13)28(2)21-22-8-7-16(24-21)23-17-11-18(26-25-17)31-12-14-5-4-6-15(10-14)20(29)30-3/h4-11H,12H2,1-3H3,(H2,22,23,24,25,26). The molecular formula is C21H21N7O4. The third kappa shape index (κ3) is 4.83. The number of aromatic amines is 1. The number of esters is 1. The van der Waals surface area contributed by atoms with Gasteiger partial charge in [-0.15, -0.1) is 5.10 Å². The van der Waals surface area contributed by atoms with Crippen molar-refractivity contribution in [3.63, 3.8) is 0 Å². The summed E-state index contributed by atoms with van der Waals surface area (Å²) in [6.07, 6.45) is 1.63. The van der Waals surface area contributed by atoms with Gasteiger partial charge in [0.25, 0.3) is 0 Å². The molecule has 32 heavy (non-hydrogen) atoms. The van der Waals surface area contributed by atoms with Gasteiger partial charge < -0.3 is 19.3 Å². The minimum atomic E-state index is -0.397. The zero-order chi connectivity index (χ0) is 22.5. The predicted octanol–water partition coefficient (Wildman–Crippen LogP) is 3.37. The van der Waals surface area contributed by atoms with Gasteiger partial charge in [0, 0.05) is 25.4 Å². The summed E-state index contributed by atoms with van der Waals surface area (Å²) in [6, 6.07) is 12.2. The molecule has 0 aliphatic heterocycles. The van der Waals surface area contributed by atoms with E-state index in [0.717, 1.165) is 11.3 Å². The molecule has 11 heteroatoms. The summed E-state index contributed by atoms with van der Waals surface area (Å²) >= 11 is 0. The van der Waals surface area contributed by atoms with E-state index < -0.39 is 5.97 Å². The van der Waals surface area contributed by atoms with E-state index in [4.69, 9.17) is 14.0 Å². The van der Waals surface area contributed by atoms with Crippen molar-refractivity contribution in [2.24, 2.45) is 0 Å². The quantitative estimate of drug-likeness (QED) is 0.397. The molecule has 164 valence electrons. The maximum Gasteiger partial charge on any atom is 0.337 e. The fourth-order valence-corrected chi connectivity index (χ4v) is 2.83. The largest absolute Gasteiger partial charge is 0.472 e. The van der Waals surface area contributed by atoms with Crippen LogP contribution in [0, 0.1) is 6.92 Å². The highest BCUT2D eigenvalue weighted by molar-refractivity contribution is 5.89. The van der Waals surface area contributed by atoms with Crippen molar-refractivity contribution in [2.75, 3.05) is 24.4 Å². The van der Waals surface area contributed by atoms with Gasteiger partial charge in [0.15, 0.2) is 0 Å². The van der Waals surface area contributed by atoms with Crippen molar-refractivity contribution in [2.45, 2.75) is 13.5 Å². The molecule has 4 aromatic rings. The Bertz CT molecular complexity index is 1220. The molecule has 4 rings (SSSR count). The molecule has 1 aromatic carbocycles. The van der Waals surface area contributed by atoms with Crippen LogP contribution >= 0.6 is 0 Å². The van der Waals surface area contributed by atoms with Crippen molar-refractivity contribution in [3.8, 4) is 5.88 Å². The van der Waals surface area contributed by atoms with Crippen molar-refractivity contribution in [3.05, 3.63) is 65.5 Å². The summed E-state index contributed by atoms with van der Waals surface area (Å²) < 4.78 is 15.7. The molecule has 11 nitrogen and oxygen atoms in total. The second-order valence-electron chi connectivity index (χ2n) is 6.83. The Morgan fingerprint density at radius 1 is 1.25 bits per heavy atom. The lowest BCUT2D eigenvalue weighted by Crippen LogP contribution is -2.12. The van der Waals surface area contributed by atoms with Crippen LogP contribution in [0.3, 0.4) is 0 Å². The Morgan fingerprint density at radius 2 is 2.12 bits per heavy atom. The molecule has 0 bridgehead atoms. The van der Waals surface area contributed by atoms with Crippen LogP contribution in [0.5, 0.6) is 5.88 Å². The second-order valence-corrected chi connectivity index (χ2v) is 6.83. The Hall–Kier alpha value is -4.41. The van der Waals surface area contributed by atoms with Crippen LogP contribution < -0.4 is 15.0 Å². The number of rotatable bonds is 8. The van der Waals surface area contributed by atoms with Crippen molar-refractivity contribution >= 4 is 29.4 Å². The van der Waals surface area contributed by atoms with E-state index in [2.05, 4.69) is 30.6 Å². The van der Waals surface area contributed by atoms with Crippen LogP contribution in [0.4, 0.5) is 23.5 Å². The maximum absolute atomic E-state index is 11.7. The number of anilines is 4. The van der Waals surface area contributed by atoms with Crippen LogP contribution in [0.25, 0.3) is 0 Å². The minimum Gasteiger partial charge on any atom is -0.472 e. The Kier molecular flexibility index (Phi) is 5.97. The van der Waals surface area contributed by atoms with Crippen LogP contribution in [0.15, 0.2) is 53.2 Å². The van der Waals surface area contributed by atoms with Gasteiger partial charge in [0.1, 0.15) is 18.2 Å². The highest BCUT2D eigenvalue weighted by Crippen LogP contribution is 2.23. The third-order valence-corrected chi connectivity index (χ3v) is 4.44. The number of benzene rings is 1. The van der Waals surface area contributed by atoms with Gasteiger partial charge in [-0.05, 0) is 30.7 Å². The Balaban J connectivity index is 1.39. The fraction of sp³-hybridized carbons (Fsp3) is 0.190.